The molecule has 0 radical (unpaired) electrons. The van der Waals surface area contributed by atoms with Gasteiger partial charge in [0.25, 0.3) is 0 Å². The van der Waals surface area contributed by atoms with Crippen LogP contribution in [0.3, 0.4) is 0 Å². The largest absolute Gasteiger partial charge is 0.314 e. The average Bonchev–Trinajstić information content (AvgIpc) is 2.74. The first-order chi connectivity index (χ1) is 7.34. The molecular formula is C12H17ClN2. The number of pyridine rings is 1. The van der Waals surface area contributed by atoms with Gasteiger partial charge in [0.2, 0.25) is 0 Å². The van der Waals surface area contributed by atoms with E-state index >= 15 is 0 Å². The maximum Gasteiger partial charge on any atom is 0.129 e. The normalized spacial score (nSPS) is 17.1. The van der Waals surface area contributed by atoms with E-state index in [0.717, 1.165) is 19.0 Å². The van der Waals surface area contributed by atoms with Gasteiger partial charge in [-0.3, -0.25) is 0 Å². The molecule has 1 fully saturated rings. The Morgan fingerprint density at radius 2 is 2.13 bits per heavy atom. The van der Waals surface area contributed by atoms with Gasteiger partial charge in [0.05, 0.1) is 0 Å². The summed E-state index contributed by atoms with van der Waals surface area (Å²) in [5, 5.41) is 4.16. The summed E-state index contributed by atoms with van der Waals surface area (Å²) in [4.78, 5) is 4.07. The van der Waals surface area contributed by atoms with E-state index in [9.17, 15) is 0 Å². The van der Waals surface area contributed by atoms with Crippen LogP contribution in [0, 0.1) is 0 Å². The molecule has 1 saturated carbocycles. The van der Waals surface area contributed by atoms with Crippen molar-refractivity contribution < 1.29 is 0 Å². The first kappa shape index (κ1) is 10.9. The number of rotatable bonds is 4. The lowest BCUT2D eigenvalue weighted by atomic mass is 10.2. The molecule has 1 aromatic heterocycles. The molecule has 0 spiro atoms. The Labute approximate surface area is 96.1 Å². The first-order valence-corrected chi connectivity index (χ1v) is 6.06. The van der Waals surface area contributed by atoms with Crippen LogP contribution in [0.4, 0.5) is 0 Å². The van der Waals surface area contributed by atoms with Gasteiger partial charge in [-0.25, -0.2) is 4.98 Å². The van der Waals surface area contributed by atoms with E-state index in [4.69, 9.17) is 11.6 Å². The van der Waals surface area contributed by atoms with Crippen molar-refractivity contribution in [3.8, 4) is 0 Å². The lowest BCUT2D eigenvalue weighted by Crippen LogP contribution is -2.27. The Hall–Kier alpha value is -0.600. The maximum atomic E-state index is 5.72. The minimum absolute atomic E-state index is 0.572. The van der Waals surface area contributed by atoms with Crippen molar-refractivity contribution in [3.63, 3.8) is 0 Å². The molecule has 0 bridgehead atoms. The Morgan fingerprint density at radius 3 is 2.80 bits per heavy atom. The van der Waals surface area contributed by atoms with Crippen molar-refractivity contribution in [2.24, 2.45) is 0 Å². The van der Waals surface area contributed by atoms with Crippen LogP contribution in [0.5, 0.6) is 0 Å². The summed E-state index contributed by atoms with van der Waals surface area (Å²) in [5.41, 5.74) is 1.25. The van der Waals surface area contributed by atoms with E-state index in [1.165, 1.54) is 31.2 Å². The summed E-state index contributed by atoms with van der Waals surface area (Å²) in [7, 11) is 0. The molecule has 1 aromatic rings. The third kappa shape index (κ3) is 3.47. The molecule has 1 aliphatic rings. The van der Waals surface area contributed by atoms with E-state index in [1.54, 1.807) is 0 Å². The second-order valence-corrected chi connectivity index (χ2v) is 4.56. The third-order valence-corrected chi connectivity index (χ3v) is 3.21. The molecule has 2 rings (SSSR count). The maximum absolute atomic E-state index is 5.72. The third-order valence-electron chi connectivity index (χ3n) is 2.99. The minimum atomic E-state index is 0.572. The number of nitrogens with one attached hydrogen (secondary N) is 1. The quantitative estimate of drug-likeness (QED) is 0.796. The standard InChI is InChI=1S/C12H17ClN2/c13-12-6-5-10(9-15-12)7-8-14-11-3-1-2-4-11/h5-6,9,11,14H,1-4,7-8H2. The number of aromatic nitrogens is 1. The highest BCUT2D eigenvalue weighted by Crippen LogP contribution is 2.17. The lowest BCUT2D eigenvalue weighted by molar-refractivity contribution is 0.527. The summed E-state index contributed by atoms with van der Waals surface area (Å²) < 4.78 is 0. The van der Waals surface area contributed by atoms with E-state index < -0.39 is 0 Å². The van der Waals surface area contributed by atoms with Crippen LogP contribution < -0.4 is 5.32 Å². The van der Waals surface area contributed by atoms with Gasteiger partial charge < -0.3 is 5.32 Å². The van der Waals surface area contributed by atoms with Gasteiger partial charge in [0.15, 0.2) is 0 Å². The first-order valence-electron chi connectivity index (χ1n) is 5.68. The molecular weight excluding hydrogens is 208 g/mol. The Kier molecular flexibility index (Phi) is 3.98. The Bertz CT molecular complexity index is 291. The fourth-order valence-corrected chi connectivity index (χ4v) is 2.22. The fraction of sp³-hybridized carbons (Fsp3) is 0.583. The smallest absolute Gasteiger partial charge is 0.129 e. The second-order valence-electron chi connectivity index (χ2n) is 4.17. The molecule has 1 heterocycles. The molecule has 0 atom stereocenters. The number of nitrogens with zero attached hydrogens (tertiary/aromatic N) is 1. The Balaban J connectivity index is 1.71. The van der Waals surface area contributed by atoms with Gasteiger partial charge in [-0.05, 0) is 37.4 Å². The molecule has 0 aliphatic heterocycles. The van der Waals surface area contributed by atoms with Crippen molar-refractivity contribution in [3.05, 3.63) is 29.0 Å². The van der Waals surface area contributed by atoms with Crippen LogP contribution in [-0.2, 0) is 6.42 Å². The van der Waals surface area contributed by atoms with Gasteiger partial charge in [0, 0.05) is 12.2 Å². The van der Waals surface area contributed by atoms with Gasteiger partial charge >= 0.3 is 0 Å². The predicted octanol–water partition coefficient (Wildman–Crippen LogP) is 2.81. The van der Waals surface area contributed by atoms with Crippen LogP contribution >= 0.6 is 11.6 Å². The SMILES string of the molecule is Clc1ccc(CCNC2CCCC2)cn1. The molecule has 0 unspecified atom stereocenters. The van der Waals surface area contributed by atoms with Crippen molar-refractivity contribution in [2.75, 3.05) is 6.54 Å². The zero-order chi connectivity index (χ0) is 10.5. The summed E-state index contributed by atoms with van der Waals surface area (Å²) in [6.45, 7) is 1.05. The van der Waals surface area contributed by atoms with Gasteiger partial charge in [-0.15, -0.1) is 0 Å². The lowest BCUT2D eigenvalue weighted by Gasteiger charge is -2.11. The summed E-state index contributed by atoms with van der Waals surface area (Å²) >= 11 is 5.72. The molecule has 0 aromatic carbocycles. The molecule has 0 saturated heterocycles. The van der Waals surface area contributed by atoms with Crippen molar-refractivity contribution in [1.82, 2.24) is 10.3 Å². The van der Waals surface area contributed by atoms with Crippen molar-refractivity contribution >= 4 is 11.6 Å². The van der Waals surface area contributed by atoms with E-state index in [0.29, 0.717) is 5.15 Å². The highest BCUT2D eigenvalue weighted by atomic mass is 35.5. The van der Waals surface area contributed by atoms with Crippen LogP contribution in [-0.4, -0.2) is 17.6 Å². The number of hydrogen-bond donors (Lipinski definition) is 1. The summed E-state index contributed by atoms with van der Waals surface area (Å²) in [6.07, 6.45) is 8.37. The number of hydrogen-bond acceptors (Lipinski definition) is 2. The van der Waals surface area contributed by atoms with E-state index in [1.807, 2.05) is 18.3 Å². The highest BCUT2D eigenvalue weighted by Gasteiger charge is 2.13. The van der Waals surface area contributed by atoms with Gasteiger partial charge in [0.1, 0.15) is 5.15 Å². The van der Waals surface area contributed by atoms with Crippen LogP contribution in [0.1, 0.15) is 31.2 Å². The average molecular weight is 225 g/mol. The van der Waals surface area contributed by atoms with Crippen molar-refractivity contribution in [1.29, 1.82) is 0 Å². The molecule has 1 aliphatic carbocycles. The van der Waals surface area contributed by atoms with Gasteiger partial charge in [-0.1, -0.05) is 30.5 Å². The monoisotopic (exact) mass is 224 g/mol. The summed E-state index contributed by atoms with van der Waals surface area (Å²) in [5.74, 6) is 0. The van der Waals surface area contributed by atoms with Gasteiger partial charge in [-0.2, -0.15) is 0 Å². The molecule has 3 heteroatoms. The van der Waals surface area contributed by atoms with Crippen LogP contribution in [0.15, 0.2) is 18.3 Å². The zero-order valence-electron chi connectivity index (χ0n) is 8.88. The van der Waals surface area contributed by atoms with Crippen LogP contribution in [0.25, 0.3) is 0 Å². The second kappa shape index (κ2) is 5.47. The summed E-state index contributed by atoms with van der Waals surface area (Å²) in [6, 6.07) is 4.66. The molecule has 1 N–H and O–H groups in total. The number of halogens is 1. The minimum Gasteiger partial charge on any atom is -0.314 e. The molecule has 2 nitrogen and oxygen atoms in total. The zero-order valence-corrected chi connectivity index (χ0v) is 9.63. The van der Waals surface area contributed by atoms with E-state index in [2.05, 4.69) is 10.3 Å². The van der Waals surface area contributed by atoms with Crippen molar-refractivity contribution in [2.45, 2.75) is 38.1 Å². The topological polar surface area (TPSA) is 24.9 Å². The molecule has 82 valence electrons. The molecule has 0 amide bonds. The predicted molar refractivity (Wildman–Crippen MR) is 63.2 cm³/mol. The highest BCUT2D eigenvalue weighted by molar-refractivity contribution is 6.29. The molecule has 15 heavy (non-hydrogen) atoms. The Morgan fingerprint density at radius 1 is 1.33 bits per heavy atom. The van der Waals surface area contributed by atoms with E-state index in [-0.39, 0.29) is 0 Å². The van der Waals surface area contributed by atoms with Crippen LogP contribution in [0.2, 0.25) is 5.15 Å². The fourth-order valence-electron chi connectivity index (χ4n) is 2.10.